The zero-order valence-corrected chi connectivity index (χ0v) is 18.6. The molecule has 12 heteroatoms. The molecule has 6 nitrogen and oxygen atoms in total. The van der Waals surface area contributed by atoms with Crippen molar-refractivity contribution in [1.29, 1.82) is 0 Å². The number of aromatic nitrogens is 3. The molecule has 0 aliphatic carbocycles. The average Bonchev–Trinajstić information content (AvgIpc) is 3.20. The number of benzene rings is 2. The minimum Gasteiger partial charge on any atom is -0.277 e. The summed E-state index contributed by atoms with van der Waals surface area (Å²) in [6.07, 6.45) is 2.93. The van der Waals surface area contributed by atoms with Crippen molar-refractivity contribution in [3.05, 3.63) is 80.6 Å². The lowest BCUT2D eigenvalue weighted by Gasteiger charge is -2.12. The maximum absolute atomic E-state index is 15.0. The van der Waals surface area contributed by atoms with Crippen molar-refractivity contribution in [2.75, 3.05) is 4.72 Å². The molecule has 2 aromatic heterocycles. The second kappa shape index (κ2) is 8.56. The Morgan fingerprint density at radius 2 is 1.81 bits per heavy atom. The third-order valence-electron chi connectivity index (χ3n) is 4.21. The van der Waals surface area contributed by atoms with Crippen LogP contribution in [0.25, 0.3) is 11.0 Å². The first-order valence-corrected chi connectivity index (χ1v) is 11.2. The van der Waals surface area contributed by atoms with Gasteiger partial charge in [-0.25, -0.2) is 22.2 Å². The molecule has 0 fully saturated rings. The highest BCUT2D eigenvalue weighted by atomic mass is 35.5. The molecule has 0 atom stereocenters. The highest BCUT2D eigenvalue weighted by Crippen LogP contribution is 2.34. The normalized spacial score (nSPS) is 11.3. The second-order valence-electron chi connectivity index (χ2n) is 6.37. The van der Waals surface area contributed by atoms with Crippen molar-refractivity contribution >= 4 is 61.5 Å². The topological polar surface area (TPSA) is 87.7 Å². The van der Waals surface area contributed by atoms with Gasteiger partial charge in [0, 0.05) is 22.2 Å². The number of nitrogens with zero attached hydrogens (tertiary/aromatic N) is 2. The molecule has 0 saturated heterocycles. The predicted octanol–water partition coefficient (Wildman–Crippen LogP) is 5.40. The van der Waals surface area contributed by atoms with Crippen LogP contribution in [0.5, 0.6) is 0 Å². The predicted molar refractivity (Wildman–Crippen MR) is 119 cm³/mol. The Morgan fingerprint density at radius 3 is 2.59 bits per heavy atom. The van der Waals surface area contributed by atoms with Gasteiger partial charge in [0.1, 0.15) is 10.7 Å². The molecule has 0 aliphatic rings. The molecule has 0 radical (unpaired) electrons. The lowest BCUT2D eigenvalue weighted by molar-refractivity contribution is 0.578. The SMILES string of the molecule is O=S(=O)(Nc1ccc(F)c(C#Cc2cnc3[nH]ncc3c2)c1F)c1cc(Cl)cc(Cl)c1Cl. The zero-order chi connectivity index (χ0) is 23.0. The largest absolute Gasteiger partial charge is 0.277 e. The fourth-order valence-corrected chi connectivity index (χ4v) is 4.93. The Balaban J connectivity index is 1.71. The molecule has 0 amide bonds. The van der Waals surface area contributed by atoms with E-state index in [1.54, 1.807) is 6.07 Å². The first-order chi connectivity index (χ1) is 15.2. The molecule has 0 aliphatic heterocycles. The van der Waals surface area contributed by atoms with Crippen LogP contribution in [-0.2, 0) is 10.0 Å². The molecular weight excluding hydrogens is 505 g/mol. The average molecular weight is 514 g/mol. The number of fused-ring (bicyclic) bond motifs is 1. The summed E-state index contributed by atoms with van der Waals surface area (Å²) in [5, 5.41) is 6.77. The number of halogens is 5. The summed E-state index contributed by atoms with van der Waals surface area (Å²) in [7, 11) is -4.41. The number of hydrogen-bond donors (Lipinski definition) is 2. The quantitative estimate of drug-likeness (QED) is 0.284. The van der Waals surface area contributed by atoms with Crippen LogP contribution in [0, 0.1) is 23.5 Å². The van der Waals surface area contributed by atoms with Gasteiger partial charge < -0.3 is 0 Å². The summed E-state index contributed by atoms with van der Waals surface area (Å²) in [6.45, 7) is 0. The van der Waals surface area contributed by atoms with E-state index in [1.165, 1.54) is 18.5 Å². The summed E-state index contributed by atoms with van der Waals surface area (Å²) < 4.78 is 56.7. The van der Waals surface area contributed by atoms with E-state index < -0.39 is 37.8 Å². The Labute approximate surface area is 195 Å². The highest BCUT2D eigenvalue weighted by molar-refractivity contribution is 7.92. The van der Waals surface area contributed by atoms with E-state index in [2.05, 4.69) is 27.0 Å². The van der Waals surface area contributed by atoms with Crippen LogP contribution in [0.2, 0.25) is 15.1 Å². The molecule has 4 aromatic rings. The van der Waals surface area contributed by atoms with Gasteiger partial charge in [-0.3, -0.25) is 9.82 Å². The summed E-state index contributed by atoms with van der Waals surface area (Å²) >= 11 is 17.7. The Kier molecular flexibility index (Phi) is 5.97. The molecule has 0 saturated carbocycles. The number of rotatable bonds is 3. The number of anilines is 1. The Bertz CT molecular complexity index is 1550. The Hall–Kier alpha value is -2.90. The fourth-order valence-electron chi connectivity index (χ4n) is 2.71. The summed E-state index contributed by atoms with van der Waals surface area (Å²) in [4.78, 5) is 3.62. The van der Waals surface area contributed by atoms with Crippen LogP contribution in [0.4, 0.5) is 14.5 Å². The van der Waals surface area contributed by atoms with Gasteiger partial charge in [0.05, 0.1) is 27.5 Å². The van der Waals surface area contributed by atoms with Crippen molar-refractivity contribution in [1.82, 2.24) is 15.2 Å². The molecule has 2 aromatic carbocycles. The summed E-state index contributed by atoms with van der Waals surface area (Å²) in [5.41, 5.74) is -0.257. The van der Waals surface area contributed by atoms with E-state index >= 15 is 0 Å². The van der Waals surface area contributed by atoms with Gasteiger partial charge in [-0.05, 0) is 30.3 Å². The molecule has 0 spiro atoms. The van der Waals surface area contributed by atoms with Gasteiger partial charge in [0.2, 0.25) is 0 Å². The van der Waals surface area contributed by atoms with E-state index in [-0.39, 0.29) is 15.1 Å². The monoisotopic (exact) mass is 512 g/mol. The lowest BCUT2D eigenvalue weighted by Crippen LogP contribution is -2.15. The van der Waals surface area contributed by atoms with Crippen molar-refractivity contribution < 1.29 is 17.2 Å². The molecule has 0 unspecified atom stereocenters. The molecular formula is C20H9Cl3F2N4O2S. The number of pyridine rings is 1. The maximum atomic E-state index is 15.0. The first-order valence-electron chi connectivity index (χ1n) is 8.62. The van der Waals surface area contributed by atoms with Crippen LogP contribution in [0.3, 0.4) is 0 Å². The van der Waals surface area contributed by atoms with Crippen LogP contribution < -0.4 is 4.72 Å². The Morgan fingerprint density at radius 1 is 1.03 bits per heavy atom. The van der Waals surface area contributed by atoms with Crippen molar-refractivity contribution in [3.63, 3.8) is 0 Å². The van der Waals surface area contributed by atoms with Gasteiger partial charge in [0.25, 0.3) is 10.0 Å². The van der Waals surface area contributed by atoms with Crippen molar-refractivity contribution in [3.8, 4) is 11.8 Å². The fraction of sp³-hybridized carbons (Fsp3) is 0. The standard InChI is InChI=1S/C20H9Cl3F2N4O2S/c21-12-6-14(22)18(23)17(7-12)32(30,31)29-16-4-3-15(24)13(19(16)25)2-1-10-5-11-9-27-28-20(11)26-8-10/h3-9,29H,(H,26,27,28). The van der Waals surface area contributed by atoms with Gasteiger partial charge in [-0.1, -0.05) is 46.6 Å². The van der Waals surface area contributed by atoms with Crippen molar-refractivity contribution in [2.45, 2.75) is 4.90 Å². The third kappa shape index (κ3) is 4.36. The van der Waals surface area contributed by atoms with E-state index in [9.17, 15) is 17.2 Å². The maximum Gasteiger partial charge on any atom is 0.263 e. The minimum atomic E-state index is -4.41. The van der Waals surface area contributed by atoms with E-state index in [4.69, 9.17) is 34.8 Å². The molecule has 2 N–H and O–H groups in total. The van der Waals surface area contributed by atoms with E-state index in [0.29, 0.717) is 16.6 Å². The van der Waals surface area contributed by atoms with Crippen molar-refractivity contribution in [2.24, 2.45) is 0 Å². The van der Waals surface area contributed by atoms with Crippen LogP contribution in [0.1, 0.15) is 11.1 Å². The molecule has 4 rings (SSSR count). The number of hydrogen-bond acceptors (Lipinski definition) is 4. The summed E-state index contributed by atoms with van der Waals surface area (Å²) in [6, 6.07) is 5.75. The lowest BCUT2D eigenvalue weighted by atomic mass is 10.1. The summed E-state index contributed by atoms with van der Waals surface area (Å²) in [5.74, 6) is 2.80. The second-order valence-corrected chi connectivity index (χ2v) is 9.24. The van der Waals surface area contributed by atoms with E-state index in [1.807, 2.05) is 4.72 Å². The molecule has 32 heavy (non-hydrogen) atoms. The molecule has 162 valence electrons. The van der Waals surface area contributed by atoms with Gasteiger partial charge in [0.15, 0.2) is 11.5 Å². The van der Waals surface area contributed by atoms with Gasteiger partial charge in [-0.2, -0.15) is 5.10 Å². The van der Waals surface area contributed by atoms with Crippen LogP contribution in [-0.4, -0.2) is 23.6 Å². The smallest absolute Gasteiger partial charge is 0.263 e. The number of H-pyrrole nitrogens is 1. The van der Waals surface area contributed by atoms with E-state index in [0.717, 1.165) is 18.2 Å². The zero-order valence-electron chi connectivity index (χ0n) is 15.6. The van der Waals surface area contributed by atoms with Crippen LogP contribution >= 0.6 is 34.8 Å². The number of nitrogens with one attached hydrogen (secondary N) is 2. The third-order valence-corrected chi connectivity index (χ3v) is 6.73. The minimum absolute atomic E-state index is 0.00843. The van der Waals surface area contributed by atoms with Crippen LogP contribution in [0.15, 0.2) is 47.6 Å². The molecule has 2 heterocycles. The van der Waals surface area contributed by atoms with Gasteiger partial charge >= 0.3 is 0 Å². The van der Waals surface area contributed by atoms with Gasteiger partial charge in [-0.15, -0.1) is 0 Å². The number of aromatic amines is 1. The number of sulfonamides is 1. The highest BCUT2D eigenvalue weighted by Gasteiger charge is 2.23. The first kappa shape index (κ1) is 22.3. The molecule has 0 bridgehead atoms.